The van der Waals surface area contributed by atoms with Gasteiger partial charge in [-0.05, 0) is 29.8 Å². The highest BCUT2D eigenvalue weighted by atomic mass is 16.5. The van der Waals surface area contributed by atoms with Crippen LogP contribution in [0.2, 0.25) is 0 Å². The SMILES string of the molecule is Cc1nc(COc2ccccc2C(=O)NCc2cccc(C(N)=O)c2)no1. The van der Waals surface area contributed by atoms with E-state index in [0.29, 0.717) is 28.6 Å². The summed E-state index contributed by atoms with van der Waals surface area (Å²) in [5, 5.41) is 6.56. The Kier molecular flexibility index (Phi) is 5.46. The lowest BCUT2D eigenvalue weighted by Crippen LogP contribution is -2.23. The van der Waals surface area contributed by atoms with Gasteiger partial charge in [0.1, 0.15) is 5.75 Å². The summed E-state index contributed by atoms with van der Waals surface area (Å²) in [5.41, 5.74) is 6.81. The van der Waals surface area contributed by atoms with Crippen LogP contribution in [-0.2, 0) is 13.2 Å². The van der Waals surface area contributed by atoms with Crippen molar-refractivity contribution in [2.75, 3.05) is 0 Å². The lowest BCUT2D eigenvalue weighted by molar-refractivity contribution is 0.0945. The predicted octanol–water partition coefficient (Wildman–Crippen LogP) is 1.99. The third-order valence-corrected chi connectivity index (χ3v) is 3.72. The molecule has 3 aromatic rings. The van der Waals surface area contributed by atoms with Gasteiger partial charge in [-0.25, -0.2) is 0 Å². The second-order valence-electron chi connectivity index (χ2n) is 5.76. The molecule has 3 N–H and O–H groups in total. The number of para-hydroxylation sites is 1. The maximum atomic E-state index is 12.5. The van der Waals surface area contributed by atoms with Gasteiger partial charge in [-0.3, -0.25) is 9.59 Å². The van der Waals surface area contributed by atoms with Gasteiger partial charge >= 0.3 is 0 Å². The van der Waals surface area contributed by atoms with Crippen molar-refractivity contribution in [1.82, 2.24) is 15.5 Å². The monoisotopic (exact) mass is 366 g/mol. The van der Waals surface area contributed by atoms with E-state index in [9.17, 15) is 9.59 Å². The third kappa shape index (κ3) is 4.69. The quantitative estimate of drug-likeness (QED) is 0.660. The molecule has 0 saturated heterocycles. The summed E-state index contributed by atoms with van der Waals surface area (Å²) in [4.78, 5) is 27.8. The minimum absolute atomic E-state index is 0.0856. The van der Waals surface area contributed by atoms with Gasteiger partial charge in [-0.2, -0.15) is 4.98 Å². The van der Waals surface area contributed by atoms with Crippen LogP contribution >= 0.6 is 0 Å². The Labute approximate surface area is 155 Å². The number of ether oxygens (including phenoxy) is 1. The van der Waals surface area contributed by atoms with E-state index >= 15 is 0 Å². The lowest BCUT2D eigenvalue weighted by atomic mass is 10.1. The molecule has 1 heterocycles. The summed E-state index contributed by atoms with van der Waals surface area (Å²) in [6, 6.07) is 13.6. The molecule has 8 nitrogen and oxygen atoms in total. The van der Waals surface area contributed by atoms with E-state index < -0.39 is 5.91 Å². The number of carbonyl (C=O) groups is 2. The number of amides is 2. The zero-order valence-electron chi connectivity index (χ0n) is 14.6. The first-order valence-electron chi connectivity index (χ1n) is 8.21. The molecular weight excluding hydrogens is 348 g/mol. The average Bonchev–Trinajstić information content (AvgIpc) is 3.10. The third-order valence-electron chi connectivity index (χ3n) is 3.72. The van der Waals surface area contributed by atoms with Crippen molar-refractivity contribution >= 4 is 11.8 Å². The summed E-state index contributed by atoms with van der Waals surface area (Å²) >= 11 is 0. The molecule has 0 atom stereocenters. The first-order chi connectivity index (χ1) is 13.0. The van der Waals surface area contributed by atoms with Crippen LogP contribution in [0, 0.1) is 6.92 Å². The number of aromatic nitrogens is 2. The summed E-state index contributed by atoms with van der Waals surface area (Å²) in [7, 11) is 0. The number of nitrogens with two attached hydrogens (primary N) is 1. The van der Waals surface area contributed by atoms with E-state index in [1.54, 1.807) is 55.5 Å². The molecule has 8 heteroatoms. The van der Waals surface area contributed by atoms with Crippen molar-refractivity contribution in [2.24, 2.45) is 5.73 Å². The maximum Gasteiger partial charge on any atom is 0.255 e. The molecule has 0 aliphatic heterocycles. The molecule has 0 fully saturated rings. The van der Waals surface area contributed by atoms with E-state index in [1.165, 1.54) is 0 Å². The fourth-order valence-electron chi connectivity index (χ4n) is 2.43. The number of hydrogen-bond donors (Lipinski definition) is 2. The topological polar surface area (TPSA) is 120 Å². The van der Waals surface area contributed by atoms with Gasteiger partial charge in [-0.1, -0.05) is 29.4 Å². The Morgan fingerprint density at radius 2 is 2.00 bits per heavy atom. The van der Waals surface area contributed by atoms with Crippen LogP contribution < -0.4 is 15.8 Å². The Morgan fingerprint density at radius 3 is 2.74 bits per heavy atom. The van der Waals surface area contributed by atoms with Gasteiger partial charge in [0.25, 0.3) is 5.91 Å². The molecule has 2 amide bonds. The van der Waals surface area contributed by atoms with Gasteiger partial charge < -0.3 is 20.3 Å². The number of hydrogen-bond acceptors (Lipinski definition) is 6. The molecule has 0 spiro atoms. The number of aryl methyl sites for hydroxylation is 1. The minimum atomic E-state index is -0.515. The fraction of sp³-hybridized carbons (Fsp3) is 0.158. The molecule has 0 radical (unpaired) electrons. The van der Waals surface area contributed by atoms with Gasteiger partial charge in [-0.15, -0.1) is 0 Å². The Morgan fingerprint density at radius 1 is 1.19 bits per heavy atom. The Balaban J connectivity index is 1.66. The van der Waals surface area contributed by atoms with Crippen molar-refractivity contribution < 1.29 is 18.8 Å². The molecule has 0 saturated carbocycles. The maximum absolute atomic E-state index is 12.5. The predicted molar refractivity (Wildman–Crippen MR) is 95.9 cm³/mol. The Bertz CT molecular complexity index is 968. The summed E-state index contributed by atoms with van der Waals surface area (Å²) < 4.78 is 10.5. The molecule has 0 unspecified atom stereocenters. The normalized spacial score (nSPS) is 10.4. The number of rotatable bonds is 7. The second-order valence-corrected chi connectivity index (χ2v) is 5.76. The molecule has 1 aromatic heterocycles. The van der Waals surface area contributed by atoms with Gasteiger partial charge in [0.2, 0.25) is 17.6 Å². The van der Waals surface area contributed by atoms with Crippen molar-refractivity contribution in [2.45, 2.75) is 20.1 Å². The fourth-order valence-corrected chi connectivity index (χ4v) is 2.43. The van der Waals surface area contributed by atoms with Crippen LogP contribution in [0.4, 0.5) is 0 Å². The highest BCUT2D eigenvalue weighted by Gasteiger charge is 2.13. The molecule has 27 heavy (non-hydrogen) atoms. The molecule has 0 aliphatic rings. The van der Waals surface area contributed by atoms with Crippen LogP contribution in [-0.4, -0.2) is 22.0 Å². The van der Waals surface area contributed by atoms with Crippen molar-refractivity contribution in [3.05, 3.63) is 76.9 Å². The lowest BCUT2D eigenvalue weighted by Gasteiger charge is -2.11. The first-order valence-corrected chi connectivity index (χ1v) is 8.21. The summed E-state index contributed by atoms with van der Waals surface area (Å²) in [6.45, 7) is 2.02. The number of carbonyl (C=O) groups excluding carboxylic acids is 2. The summed E-state index contributed by atoms with van der Waals surface area (Å²) in [5.74, 6) is 0.421. The smallest absolute Gasteiger partial charge is 0.255 e. The zero-order valence-corrected chi connectivity index (χ0v) is 14.6. The zero-order chi connectivity index (χ0) is 19.2. The molecule has 0 bridgehead atoms. The minimum Gasteiger partial charge on any atom is -0.485 e. The van der Waals surface area contributed by atoms with Gasteiger partial charge in [0.15, 0.2) is 6.61 Å². The molecular formula is C19H18N4O4. The average molecular weight is 366 g/mol. The standard InChI is InChI=1S/C19H18N4O4/c1-12-22-17(23-27-12)11-26-16-8-3-2-7-15(16)19(25)21-10-13-5-4-6-14(9-13)18(20)24/h2-9H,10-11H2,1H3,(H2,20,24)(H,21,25). The summed E-state index contributed by atoms with van der Waals surface area (Å²) in [6.07, 6.45) is 0. The van der Waals surface area contributed by atoms with Crippen LogP contribution in [0.1, 0.15) is 38.0 Å². The van der Waals surface area contributed by atoms with E-state index in [1.807, 2.05) is 0 Å². The van der Waals surface area contributed by atoms with Gasteiger partial charge in [0.05, 0.1) is 5.56 Å². The molecule has 138 valence electrons. The number of nitrogens with one attached hydrogen (secondary N) is 1. The van der Waals surface area contributed by atoms with Crippen molar-refractivity contribution in [1.29, 1.82) is 0 Å². The largest absolute Gasteiger partial charge is 0.485 e. The first kappa shape index (κ1) is 18.1. The Hall–Kier alpha value is -3.68. The number of nitrogens with zero attached hydrogens (tertiary/aromatic N) is 2. The second kappa shape index (κ2) is 8.13. The molecule has 2 aromatic carbocycles. The van der Waals surface area contributed by atoms with E-state index in [-0.39, 0.29) is 19.1 Å². The molecule has 3 rings (SSSR count). The number of primary amides is 1. The van der Waals surface area contributed by atoms with Crippen LogP contribution in [0.3, 0.4) is 0 Å². The van der Waals surface area contributed by atoms with E-state index in [2.05, 4.69) is 15.5 Å². The number of benzene rings is 2. The van der Waals surface area contributed by atoms with Crippen LogP contribution in [0.25, 0.3) is 0 Å². The van der Waals surface area contributed by atoms with Crippen molar-refractivity contribution in [3.63, 3.8) is 0 Å². The van der Waals surface area contributed by atoms with Crippen LogP contribution in [0.15, 0.2) is 53.1 Å². The highest BCUT2D eigenvalue weighted by molar-refractivity contribution is 5.97. The van der Waals surface area contributed by atoms with Crippen molar-refractivity contribution in [3.8, 4) is 5.75 Å². The van der Waals surface area contributed by atoms with Gasteiger partial charge in [0, 0.05) is 19.0 Å². The molecule has 0 aliphatic carbocycles. The van der Waals surface area contributed by atoms with Crippen LogP contribution in [0.5, 0.6) is 5.75 Å². The van der Waals surface area contributed by atoms with E-state index in [4.69, 9.17) is 15.0 Å². The van der Waals surface area contributed by atoms with E-state index in [0.717, 1.165) is 5.56 Å². The highest BCUT2D eigenvalue weighted by Crippen LogP contribution is 2.19.